The molecular weight excluding hydrogens is 254 g/mol. The van der Waals surface area contributed by atoms with Crippen LogP contribution in [0, 0.1) is 0 Å². The highest BCUT2D eigenvalue weighted by Gasteiger charge is 2.11. The molecule has 2 rings (SSSR count). The first-order valence-corrected chi connectivity index (χ1v) is 5.48. The van der Waals surface area contributed by atoms with Crippen LogP contribution in [-0.2, 0) is 0 Å². The lowest BCUT2D eigenvalue weighted by molar-refractivity contribution is 0.419. The van der Waals surface area contributed by atoms with Gasteiger partial charge in [-0.25, -0.2) is 0 Å². The molecule has 0 spiro atoms. The van der Waals surface area contributed by atoms with Crippen molar-refractivity contribution in [2.45, 2.75) is 6.42 Å². The molecule has 0 fully saturated rings. The second kappa shape index (κ2) is 4.48. The van der Waals surface area contributed by atoms with Crippen molar-refractivity contribution in [3.63, 3.8) is 0 Å². The van der Waals surface area contributed by atoms with Crippen molar-refractivity contribution in [3.05, 3.63) is 51.2 Å². The molecule has 1 aromatic carbocycles. The lowest BCUT2D eigenvalue weighted by Crippen LogP contribution is -1.93. The molecule has 0 unspecified atom stereocenters. The Balaban J connectivity index is 2.28. The zero-order valence-electron chi connectivity index (χ0n) is 7.64. The normalized spacial score (nSPS) is 14.2. The Bertz CT molecular complexity index is 426. The van der Waals surface area contributed by atoms with Crippen LogP contribution in [0.5, 0.6) is 5.75 Å². The number of hydrogen-bond donors (Lipinski definition) is 0. The first-order valence-electron chi connectivity index (χ1n) is 4.35. The molecule has 0 saturated heterocycles. The van der Waals surface area contributed by atoms with Gasteiger partial charge in [0.05, 0.1) is 10.0 Å². The van der Waals surface area contributed by atoms with E-state index >= 15 is 0 Å². The van der Waals surface area contributed by atoms with Gasteiger partial charge in [0.15, 0.2) is 5.75 Å². The Labute approximate surface area is 103 Å². The van der Waals surface area contributed by atoms with Crippen LogP contribution in [-0.4, -0.2) is 0 Å². The van der Waals surface area contributed by atoms with Crippen LogP contribution in [0.3, 0.4) is 0 Å². The molecule has 0 atom stereocenters. The predicted octanol–water partition coefficient (Wildman–Crippen LogP) is 4.87. The molecule has 0 saturated carbocycles. The monoisotopic (exact) mass is 260 g/mol. The summed E-state index contributed by atoms with van der Waals surface area (Å²) in [5.41, 5.74) is 0. The van der Waals surface area contributed by atoms with E-state index in [1.54, 1.807) is 12.1 Å². The minimum atomic E-state index is 0.417. The van der Waals surface area contributed by atoms with E-state index in [1.807, 2.05) is 18.2 Å². The Hall–Kier alpha value is -0.630. The molecular formula is C11H7Cl3O. The van der Waals surface area contributed by atoms with Crippen molar-refractivity contribution < 1.29 is 4.74 Å². The van der Waals surface area contributed by atoms with Crippen molar-refractivity contribution >= 4 is 34.8 Å². The molecule has 0 amide bonds. The summed E-state index contributed by atoms with van der Waals surface area (Å²) in [5, 5.41) is 1.33. The number of allylic oxidation sites excluding steroid dienone is 3. The highest BCUT2D eigenvalue weighted by molar-refractivity contribution is 6.40. The molecule has 0 bridgehead atoms. The van der Waals surface area contributed by atoms with E-state index in [2.05, 4.69) is 0 Å². The summed E-state index contributed by atoms with van der Waals surface area (Å²) in [7, 11) is 0. The molecule has 0 aliphatic heterocycles. The fraction of sp³-hybridized carbons (Fsp3) is 0.0909. The number of benzene rings is 1. The van der Waals surface area contributed by atoms with Gasteiger partial charge in [0, 0.05) is 11.4 Å². The Morgan fingerprint density at radius 3 is 2.27 bits per heavy atom. The minimum absolute atomic E-state index is 0.417. The van der Waals surface area contributed by atoms with Crippen LogP contribution in [0.4, 0.5) is 0 Å². The summed E-state index contributed by atoms with van der Waals surface area (Å²) in [6.45, 7) is 0. The molecule has 1 aliphatic rings. The van der Waals surface area contributed by atoms with Gasteiger partial charge in [0.25, 0.3) is 0 Å². The first-order chi connectivity index (χ1) is 7.16. The number of rotatable bonds is 2. The standard InChI is InChI=1S/C11H7Cl3O/c12-7-5-9(13)11(10(14)6-7)15-8-3-1-2-4-8/h1-3,5-6H,4H2. The lowest BCUT2D eigenvalue weighted by atomic mass is 10.3. The fourth-order valence-corrected chi connectivity index (χ4v) is 2.15. The predicted molar refractivity (Wildman–Crippen MR) is 63.9 cm³/mol. The van der Waals surface area contributed by atoms with Gasteiger partial charge in [-0.15, -0.1) is 0 Å². The average Bonchev–Trinajstić information content (AvgIpc) is 2.63. The van der Waals surface area contributed by atoms with E-state index in [-0.39, 0.29) is 0 Å². The maximum absolute atomic E-state index is 5.97. The third-order valence-electron chi connectivity index (χ3n) is 1.93. The third-order valence-corrected chi connectivity index (χ3v) is 2.71. The molecule has 1 nitrogen and oxygen atoms in total. The summed E-state index contributed by atoms with van der Waals surface area (Å²) in [6, 6.07) is 3.21. The van der Waals surface area contributed by atoms with Crippen molar-refractivity contribution in [3.8, 4) is 5.75 Å². The fourth-order valence-electron chi connectivity index (χ4n) is 1.26. The summed E-state index contributed by atoms with van der Waals surface area (Å²) < 4.78 is 5.57. The minimum Gasteiger partial charge on any atom is -0.458 e. The summed E-state index contributed by atoms with van der Waals surface area (Å²) in [4.78, 5) is 0. The smallest absolute Gasteiger partial charge is 0.164 e. The van der Waals surface area contributed by atoms with E-state index in [4.69, 9.17) is 39.5 Å². The molecule has 0 radical (unpaired) electrons. The van der Waals surface area contributed by atoms with Gasteiger partial charge in [0.1, 0.15) is 5.76 Å². The first kappa shape index (κ1) is 10.9. The maximum Gasteiger partial charge on any atom is 0.164 e. The van der Waals surface area contributed by atoms with Gasteiger partial charge in [0.2, 0.25) is 0 Å². The van der Waals surface area contributed by atoms with Crippen LogP contribution in [0.2, 0.25) is 15.1 Å². The molecule has 0 heterocycles. The Kier molecular flexibility index (Phi) is 3.25. The summed E-state index contributed by atoms with van der Waals surface area (Å²) >= 11 is 17.7. The summed E-state index contributed by atoms with van der Waals surface area (Å²) in [5.74, 6) is 1.28. The average molecular weight is 262 g/mol. The second-order valence-corrected chi connectivity index (χ2v) is 4.32. The molecule has 0 aromatic heterocycles. The molecule has 4 heteroatoms. The van der Waals surface area contributed by atoms with Gasteiger partial charge >= 0.3 is 0 Å². The summed E-state index contributed by atoms with van der Waals surface area (Å²) in [6.07, 6.45) is 6.55. The Morgan fingerprint density at radius 2 is 1.73 bits per heavy atom. The van der Waals surface area contributed by atoms with Crippen LogP contribution in [0.25, 0.3) is 0 Å². The van der Waals surface area contributed by atoms with Gasteiger partial charge < -0.3 is 4.74 Å². The topological polar surface area (TPSA) is 9.23 Å². The van der Waals surface area contributed by atoms with Gasteiger partial charge in [-0.2, -0.15) is 0 Å². The van der Waals surface area contributed by atoms with E-state index in [1.165, 1.54) is 0 Å². The van der Waals surface area contributed by atoms with Crippen molar-refractivity contribution in [1.82, 2.24) is 0 Å². The van der Waals surface area contributed by atoms with Gasteiger partial charge in [-0.05, 0) is 18.2 Å². The van der Waals surface area contributed by atoms with Crippen LogP contribution >= 0.6 is 34.8 Å². The van der Waals surface area contributed by atoms with E-state index in [0.717, 1.165) is 12.2 Å². The zero-order valence-corrected chi connectivity index (χ0v) is 9.90. The van der Waals surface area contributed by atoms with Crippen molar-refractivity contribution in [2.24, 2.45) is 0 Å². The molecule has 1 aromatic rings. The SMILES string of the molecule is Clc1cc(Cl)c(OC2=CC=CC2)c(Cl)c1. The molecule has 1 aliphatic carbocycles. The Morgan fingerprint density at radius 1 is 1.07 bits per heavy atom. The quantitative estimate of drug-likeness (QED) is 0.738. The van der Waals surface area contributed by atoms with E-state index in [9.17, 15) is 0 Å². The second-order valence-electron chi connectivity index (χ2n) is 3.07. The van der Waals surface area contributed by atoms with Crippen molar-refractivity contribution in [2.75, 3.05) is 0 Å². The van der Waals surface area contributed by atoms with Crippen LogP contribution in [0.15, 0.2) is 36.1 Å². The van der Waals surface area contributed by atoms with Gasteiger partial charge in [-0.1, -0.05) is 47.0 Å². The number of ether oxygens (including phenoxy) is 1. The highest BCUT2D eigenvalue weighted by atomic mass is 35.5. The molecule has 15 heavy (non-hydrogen) atoms. The van der Waals surface area contributed by atoms with Gasteiger partial charge in [-0.3, -0.25) is 0 Å². The third kappa shape index (κ3) is 2.49. The highest BCUT2D eigenvalue weighted by Crippen LogP contribution is 2.37. The van der Waals surface area contributed by atoms with E-state index < -0.39 is 0 Å². The largest absolute Gasteiger partial charge is 0.458 e. The van der Waals surface area contributed by atoms with Crippen molar-refractivity contribution in [1.29, 1.82) is 0 Å². The van der Waals surface area contributed by atoms with Crippen LogP contribution < -0.4 is 4.74 Å². The number of hydrogen-bond acceptors (Lipinski definition) is 1. The lowest BCUT2D eigenvalue weighted by Gasteiger charge is -2.10. The molecule has 0 N–H and O–H groups in total. The maximum atomic E-state index is 5.97. The molecule has 78 valence electrons. The number of halogens is 3. The van der Waals surface area contributed by atoms with Crippen LogP contribution in [0.1, 0.15) is 6.42 Å². The zero-order chi connectivity index (χ0) is 10.8. The van der Waals surface area contributed by atoms with E-state index in [0.29, 0.717) is 20.8 Å².